The van der Waals surface area contributed by atoms with Gasteiger partial charge in [0.05, 0.1) is 24.5 Å². The normalized spacial score (nSPS) is 13.2. The van der Waals surface area contributed by atoms with Gasteiger partial charge in [-0.15, -0.1) is 0 Å². The topological polar surface area (TPSA) is 103 Å². The number of nitrogen functional groups attached to an aromatic ring is 1. The summed E-state index contributed by atoms with van der Waals surface area (Å²) in [5.41, 5.74) is 6.53. The third-order valence-electron chi connectivity index (χ3n) is 3.27. The molecule has 0 saturated carbocycles. The summed E-state index contributed by atoms with van der Waals surface area (Å²) in [7, 11) is -3.71. The van der Waals surface area contributed by atoms with E-state index >= 15 is 0 Å². The molecule has 2 aromatic heterocycles. The van der Waals surface area contributed by atoms with E-state index in [-0.39, 0.29) is 23.3 Å². The minimum atomic E-state index is -3.71. The summed E-state index contributed by atoms with van der Waals surface area (Å²) >= 11 is 0. The van der Waals surface area contributed by atoms with Crippen molar-refractivity contribution < 1.29 is 8.42 Å². The Morgan fingerprint density at radius 1 is 1.43 bits per heavy atom. The molecular formula is C13H19N5O2S. The Kier molecular flexibility index (Phi) is 4.59. The van der Waals surface area contributed by atoms with Crippen molar-refractivity contribution in [3.05, 3.63) is 36.3 Å². The number of nitrogens with one attached hydrogen (secondary N) is 1. The average Bonchev–Trinajstić information content (AvgIpc) is 2.88. The van der Waals surface area contributed by atoms with Crippen LogP contribution in [0.5, 0.6) is 0 Å². The lowest BCUT2D eigenvalue weighted by Crippen LogP contribution is -2.24. The second kappa shape index (κ2) is 6.23. The van der Waals surface area contributed by atoms with Gasteiger partial charge in [0.25, 0.3) is 0 Å². The summed E-state index contributed by atoms with van der Waals surface area (Å²) in [5.74, 6) is 0.151. The molecule has 0 saturated heterocycles. The molecule has 0 bridgehead atoms. The number of hydrogen-bond acceptors (Lipinski definition) is 5. The number of nitrogens with two attached hydrogens (primary N) is 1. The van der Waals surface area contributed by atoms with Crippen LogP contribution in [0.1, 0.15) is 32.0 Å². The van der Waals surface area contributed by atoms with Crippen molar-refractivity contribution in [2.24, 2.45) is 0 Å². The lowest BCUT2D eigenvalue weighted by molar-refractivity contribution is 0.484. The zero-order chi connectivity index (χ0) is 15.5. The van der Waals surface area contributed by atoms with Gasteiger partial charge in [-0.2, -0.15) is 5.10 Å². The smallest absolute Gasteiger partial charge is 0.246 e. The lowest BCUT2D eigenvalue weighted by Gasteiger charge is -2.11. The Hall–Kier alpha value is -1.93. The minimum absolute atomic E-state index is 0.00117. The second-order valence-electron chi connectivity index (χ2n) is 4.74. The average molecular weight is 309 g/mol. The van der Waals surface area contributed by atoms with Crippen LogP contribution in [0, 0.1) is 0 Å². The quantitative estimate of drug-likeness (QED) is 0.837. The van der Waals surface area contributed by atoms with Crippen molar-refractivity contribution in [3.63, 3.8) is 0 Å². The van der Waals surface area contributed by atoms with E-state index in [0.29, 0.717) is 5.69 Å². The van der Waals surface area contributed by atoms with E-state index in [9.17, 15) is 8.42 Å². The summed E-state index contributed by atoms with van der Waals surface area (Å²) in [6.45, 7) is 4.03. The highest BCUT2D eigenvalue weighted by atomic mass is 32.2. The number of rotatable bonds is 6. The van der Waals surface area contributed by atoms with Gasteiger partial charge in [0, 0.05) is 6.20 Å². The van der Waals surface area contributed by atoms with E-state index in [1.165, 1.54) is 10.9 Å². The van der Waals surface area contributed by atoms with E-state index in [1.54, 1.807) is 24.4 Å². The van der Waals surface area contributed by atoms with Crippen LogP contribution in [-0.2, 0) is 16.6 Å². The van der Waals surface area contributed by atoms with Crippen molar-refractivity contribution in [1.29, 1.82) is 0 Å². The maximum absolute atomic E-state index is 12.3. The van der Waals surface area contributed by atoms with Gasteiger partial charge >= 0.3 is 0 Å². The molecule has 2 rings (SSSR count). The van der Waals surface area contributed by atoms with Crippen molar-refractivity contribution in [1.82, 2.24) is 19.5 Å². The highest BCUT2D eigenvalue weighted by Gasteiger charge is 2.22. The Morgan fingerprint density at radius 2 is 2.19 bits per heavy atom. The first-order valence-corrected chi connectivity index (χ1v) is 8.16. The zero-order valence-corrected chi connectivity index (χ0v) is 12.8. The van der Waals surface area contributed by atoms with Crippen molar-refractivity contribution >= 4 is 15.8 Å². The molecule has 0 aliphatic rings. The molecule has 0 aliphatic carbocycles. The first kappa shape index (κ1) is 15.5. The molecule has 8 heteroatoms. The van der Waals surface area contributed by atoms with E-state index in [0.717, 1.165) is 6.42 Å². The molecular weight excluding hydrogens is 290 g/mol. The Bertz CT molecular complexity index is 697. The first-order valence-electron chi connectivity index (χ1n) is 6.68. The van der Waals surface area contributed by atoms with Gasteiger partial charge < -0.3 is 5.73 Å². The van der Waals surface area contributed by atoms with Gasteiger partial charge in [-0.1, -0.05) is 13.0 Å². The molecule has 0 aliphatic heterocycles. The maximum Gasteiger partial charge on any atom is 0.246 e. The number of sulfonamides is 1. The van der Waals surface area contributed by atoms with Crippen molar-refractivity contribution in [3.8, 4) is 0 Å². The third kappa shape index (κ3) is 3.40. The molecule has 1 unspecified atom stereocenters. The molecule has 0 spiro atoms. The SMILES string of the molecule is CCC(C)n1ncc(S(=O)(=O)NCc2ccccn2)c1N. The second-order valence-corrected chi connectivity index (χ2v) is 6.48. The molecule has 3 N–H and O–H groups in total. The fraction of sp³-hybridized carbons (Fsp3) is 0.385. The van der Waals surface area contributed by atoms with Gasteiger partial charge in [-0.25, -0.2) is 17.8 Å². The molecule has 2 heterocycles. The van der Waals surface area contributed by atoms with Crippen LogP contribution in [0.3, 0.4) is 0 Å². The third-order valence-corrected chi connectivity index (χ3v) is 4.68. The predicted molar refractivity (Wildman–Crippen MR) is 79.9 cm³/mol. The Balaban J connectivity index is 2.18. The van der Waals surface area contributed by atoms with Crippen LogP contribution in [-0.4, -0.2) is 23.2 Å². The first-order chi connectivity index (χ1) is 9.95. The van der Waals surface area contributed by atoms with E-state index in [2.05, 4.69) is 14.8 Å². The Morgan fingerprint density at radius 3 is 2.81 bits per heavy atom. The van der Waals surface area contributed by atoms with Crippen LogP contribution >= 0.6 is 0 Å². The van der Waals surface area contributed by atoms with Gasteiger partial charge in [0.1, 0.15) is 10.7 Å². The van der Waals surface area contributed by atoms with Crippen molar-refractivity contribution in [2.75, 3.05) is 5.73 Å². The Labute approximate surface area is 124 Å². The maximum atomic E-state index is 12.3. The summed E-state index contributed by atoms with van der Waals surface area (Å²) < 4.78 is 28.6. The molecule has 2 aromatic rings. The largest absolute Gasteiger partial charge is 0.383 e. The highest BCUT2D eigenvalue weighted by molar-refractivity contribution is 7.89. The fourth-order valence-corrected chi connectivity index (χ4v) is 2.88. The lowest BCUT2D eigenvalue weighted by atomic mass is 10.3. The molecule has 21 heavy (non-hydrogen) atoms. The zero-order valence-electron chi connectivity index (χ0n) is 12.0. The molecule has 114 valence electrons. The summed E-state index contributed by atoms with van der Waals surface area (Å²) in [4.78, 5) is 4.06. The summed E-state index contributed by atoms with van der Waals surface area (Å²) in [5, 5.41) is 4.06. The van der Waals surface area contributed by atoms with Crippen LogP contribution in [0.2, 0.25) is 0 Å². The molecule has 7 nitrogen and oxygen atoms in total. The van der Waals surface area contributed by atoms with E-state index in [4.69, 9.17) is 5.73 Å². The van der Waals surface area contributed by atoms with Crippen LogP contribution < -0.4 is 10.5 Å². The predicted octanol–water partition coefficient (Wildman–Crippen LogP) is 1.31. The van der Waals surface area contributed by atoms with Gasteiger partial charge in [0.2, 0.25) is 10.0 Å². The van der Waals surface area contributed by atoms with Crippen LogP contribution in [0.15, 0.2) is 35.5 Å². The number of pyridine rings is 1. The number of aromatic nitrogens is 3. The summed E-state index contributed by atoms with van der Waals surface area (Å²) in [6, 6.07) is 5.36. The number of nitrogens with zero attached hydrogens (tertiary/aromatic N) is 3. The van der Waals surface area contributed by atoms with E-state index < -0.39 is 10.0 Å². The molecule has 0 aromatic carbocycles. The van der Waals surface area contributed by atoms with Crippen LogP contribution in [0.4, 0.5) is 5.82 Å². The molecule has 0 amide bonds. The molecule has 1 atom stereocenters. The van der Waals surface area contributed by atoms with Crippen molar-refractivity contribution in [2.45, 2.75) is 37.8 Å². The minimum Gasteiger partial charge on any atom is -0.383 e. The molecule has 0 radical (unpaired) electrons. The van der Waals surface area contributed by atoms with Gasteiger partial charge in [0.15, 0.2) is 0 Å². The number of anilines is 1. The fourth-order valence-electron chi connectivity index (χ4n) is 1.84. The van der Waals surface area contributed by atoms with Gasteiger partial charge in [-0.3, -0.25) is 4.98 Å². The standard InChI is InChI=1S/C13H19N5O2S/c1-3-10(2)18-13(14)12(9-16-18)21(19,20)17-8-11-6-4-5-7-15-11/h4-7,9-10,17H,3,8,14H2,1-2H3. The van der Waals surface area contributed by atoms with Gasteiger partial charge in [-0.05, 0) is 25.5 Å². The van der Waals surface area contributed by atoms with Crippen LogP contribution in [0.25, 0.3) is 0 Å². The monoisotopic (exact) mass is 309 g/mol. The molecule has 0 fully saturated rings. The highest BCUT2D eigenvalue weighted by Crippen LogP contribution is 2.22. The summed E-state index contributed by atoms with van der Waals surface area (Å²) in [6.07, 6.45) is 3.70. The number of hydrogen-bond donors (Lipinski definition) is 2. The van der Waals surface area contributed by atoms with E-state index in [1.807, 2.05) is 13.8 Å².